The second-order valence-corrected chi connectivity index (χ2v) is 7.81. The lowest BCUT2D eigenvalue weighted by atomic mass is 9.79. The van der Waals surface area contributed by atoms with Crippen LogP contribution in [0.1, 0.15) is 32.8 Å². The zero-order valence-corrected chi connectivity index (χ0v) is 13.6. The van der Waals surface area contributed by atoms with Gasteiger partial charge < -0.3 is 5.32 Å². The fraction of sp³-hybridized carbons (Fsp3) is 0.600. The Bertz CT molecular complexity index is 498. The van der Waals surface area contributed by atoms with Crippen LogP contribution in [0.4, 0.5) is 0 Å². The summed E-state index contributed by atoms with van der Waals surface area (Å²) in [5.74, 6) is 0. The van der Waals surface area contributed by atoms with Crippen molar-refractivity contribution < 1.29 is 8.42 Å². The van der Waals surface area contributed by atoms with Gasteiger partial charge in [0.1, 0.15) is 0 Å². The van der Waals surface area contributed by atoms with Gasteiger partial charge >= 0.3 is 0 Å². The van der Waals surface area contributed by atoms with Gasteiger partial charge in [0.25, 0.3) is 0 Å². The highest BCUT2D eigenvalue weighted by Gasteiger charge is 2.22. The van der Waals surface area contributed by atoms with Crippen molar-refractivity contribution in [3.8, 4) is 0 Å². The van der Waals surface area contributed by atoms with Crippen LogP contribution in [0.3, 0.4) is 0 Å². The number of hydrogen-bond acceptors (Lipinski definition) is 3. The Kier molecular flexibility index (Phi) is 6.17. The zero-order chi connectivity index (χ0) is 15.2. The van der Waals surface area contributed by atoms with Gasteiger partial charge in [0.2, 0.25) is 10.0 Å². The molecular weight excluding hydrogens is 272 g/mol. The van der Waals surface area contributed by atoms with Gasteiger partial charge in [-0.25, -0.2) is 13.1 Å². The maximum absolute atomic E-state index is 11.0. The molecule has 5 heteroatoms. The van der Waals surface area contributed by atoms with Crippen molar-refractivity contribution in [3.05, 3.63) is 35.9 Å². The van der Waals surface area contributed by atoms with E-state index in [0.717, 1.165) is 6.42 Å². The number of rotatable bonds is 8. The Morgan fingerprint density at radius 3 is 2.30 bits per heavy atom. The SMILES string of the molecule is CC(CC(C)(C)c1ccccc1)NCCNS(C)(=O)=O. The monoisotopic (exact) mass is 298 g/mol. The fourth-order valence-corrected chi connectivity index (χ4v) is 2.87. The van der Waals surface area contributed by atoms with Crippen molar-refractivity contribution in [2.45, 2.75) is 38.6 Å². The number of hydrogen-bond donors (Lipinski definition) is 2. The van der Waals surface area contributed by atoms with Gasteiger partial charge in [-0.2, -0.15) is 0 Å². The number of benzene rings is 1. The molecule has 0 bridgehead atoms. The van der Waals surface area contributed by atoms with Crippen molar-refractivity contribution in [2.24, 2.45) is 0 Å². The fourth-order valence-electron chi connectivity index (χ4n) is 2.40. The first-order valence-corrected chi connectivity index (χ1v) is 8.83. The second kappa shape index (κ2) is 7.20. The topological polar surface area (TPSA) is 58.2 Å². The van der Waals surface area contributed by atoms with Crippen LogP contribution in [0.5, 0.6) is 0 Å². The molecule has 0 amide bonds. The van der Waals surface area contributed by atoms with Crippen LogP contribution in [-0.2, 0) is 15.4 Å². The van der Waals surface area contributed by atoms with Crippen molar-refractivity contribution in [1.82, 2.24) is 10.0 Å². The van der Waals surface area contributed by atoms with Crippen molar-refractivity contribution in [3.63, 3.8) is 0 Å². The van der Waals surface area contributed by atoms with Crippen LogP contribution in [0.15, 0.2) is 30.3 Å². The highest BCUT2D eigenvalue weighted by Crippen LogP contribution is 2.27. The molecule has 1 aromatic carbocycles. The predicted molar refractivity (Wildman–Crippen MR) is 84.4 cm³/mol. The first-order chi connectivity index (χ1) is 9.21. The number of nitrogens with one attached hydrogen (secondary N) is 2. The molecule has 0 aliphatic heterocycles. The standard InChI is InChI=1S/C15H26N2O2S/c1-13(16-10-11-17-20(4,18)19)12-15(2,3)14-8-6-5-7-9-14/h5-9,13,16-17H,10-12H2,1-4H3. The Balaban J connectivity index is 2.40. The summed E-state index contributed by atoms with van der Waals surface area (Å²) in [5.41, 5.74) is 1.42. The van der Waals surface area contributed by atoms with E-state index in [2.05, 4.69) is 55.1 Å². The summed E-state index contributed by atoms with van der Waals surface area (Å²) >= 11 is 0. The molecule has 1 atom stereocenters. The summed E-state index contributed by atoms with van der Waals surface area (Å²) in [6.45, 7) is 7.66. The third-order valence-corrected chi connectivity index (χ3v) is 4.08. The van der Waals surface area contributed by atoms with Gasteiger partial charge in [-0.3, -0.25) is 0 Å². The molecule has 4 nitrogen and oxygen atoms in total. The Hall–Kier alpha value is -0.910. The average molecular weight is 298 g/mol. The Labute approximate surface area is 123 Å². The zero-order valence-electron chi connectivity index (χ0n) is 12.8. The molecule has 0 saturated heterocycles. The molecule has 20 heavy (non-hydrogen) atoms. The van der Waals surface area contributed by atoms with E-state index in [-0.39, 0.29) is 5.41 Å². The molecule has 1 unspecified atom stereocenters. The molecule has 1 rings (SSSR count). The van der Waals surface area contributed by atoms with E-state index in [9.17, 15) is 8.42 Å². The summed E-state index contributed by atoms with van der Waals surface area (Å²) in [7, 11) is -3.09. The predicted octanol–water partition coefficient (Wildman–Crippen LogP) is 1.88. The van der Waals surface area contributed by atoms with Gasteiger partial charge in [-0.1, -0.05) is 44.2 Å². The van der Waals surface area contributed by atoms with Gasteiger partial charge in [-0.05, 0) is 24.3 Å². The normalized spacial score (nSPS) is 14.2. The van der Waals surface area contributed by atoms with Crippen LogP contribution in [-0.4, -0.2) is 33.8 Å². The molecule has 114 valence electrons. The third kappa shape index (κ3) is 6.50. The van der Waals surface area contributed by atoms with Crippen molar-refractivity contribution >= 4 is 10.0 Å². The molecule has 2 N–H and O–H groups in total. The lowest BCUT2D eigenvalue weighted by molar-refractivity contribution is 0.390. The van der Waals surface area contributed by atoms with Gasteiger partial charge in [-0.15, -0.1) is 0 Å². The minimum Gasteiger partial charge on any atom is -0.313 e. The van der Waals surface area contributed by atoms with Crippen LogP contribution in [0, 0.1) is 0 Å². The van der Waals surface area contributed by atoms with E-state index >= 15 is 0 Å². The largest absolute Gasteiger partial charge is 0.313 e. The Morgan fingerprint density at radius 1 is 1.15 bits per heavy atom. The third-order valence-electron chi connectivity index (χ3n) is 3.35. The number of sulfonamides is 1. The maximum Gasteiger partial charge on any atom is 0.208 e. The molecule has 0 heterocycles. The van der Waals surface area contributed by atoms with Crippen LogP contribution >= 0.6 is 0 Å². The highest BCUT2D eigenvalue weighted by atomic mass is 32.2. The lowest BCUT2D eigenvalue weighted by Gasteiger charge is -2.29. The molecule has 0 spiro atoms. The summed E-state index contributed by atoms with van der Waals surface area (Å²) in [6, 6.07) is 10.8. The molecular formula is C15H26N2O2S. The first kappa shape index (κ1) is 17.1. The molecule has 0 aliphatic rings. The quantitative estimate of drug-likeness (QED) is 0.721. The Morgan fingerprint density at radius 2 is 1.75 bits per heavy atom. The summed E-state index contributed by atoms with van der Waals surface area (Å²) in [5, 5.41) is 3.35. The summed E-state index contributed by atoms with van der Waals surface area (Å²) in [4.78, 5) is 0. The summed E-state index contributed by atoms with van der Waals surface area (Å²) < 4.78 is 24.4. The van der Waals surface area contributed by atoms with Crippen molar-refractivity contribution in [1.29, 1.82) is 0 Å². The summed E-state index contributed by atoms with van der Waals surface area (Å²) in [6.07, 6.45) is 2.17. The molecule has 0 aromatic heterocycles. The van der Waals surface area contributed by atoms with Crippen LogP contribution in [0.25, 0.3) is 0 Å². The van der Waals surface area contributed by atoms with E-state index in [1.54, 1.807) is 0 Å². The van der Waals surface area contributed by atoms with E-state index in [4.69, 9.17) is 0 Å². The average Bonchev–Trinajstić information content (AvgIpc) is 2.34. The molecule has 1 aromatic rings. The first-order valence-electron chi connectivity index (χ1n) is 6.94. The van der Waals surface area contributed by atoms with E-state index in [1.165, 1.54) is 11.8 Å². The van der Waals surface area contributed by atoms with E-state index in [0.29, 0.717) is 19.1 Å². The van der Waals surface area contributed by atoms with Crippen LogP contribution in [0.2, 0.25) is 0 Å². The molecule has 0 radical (unpaired) electrons. The second-order valence-electron chi connectivity index (χ2n) is 5.98. The smallest absolute Gasteiger partial charge is 0.208 e. The van der Waals surface area contributed by atoms with E-state index < -0.39 is 10.0 Å². The maximum atomic E-state index is 11.0. The van der Waals surface area contributed by atoms with Gasteiger partial charge in [0.05, 0.1) is 6.26 Å². The minimum atomic E-state index is -3.09. The van der Waals surface area contributed by atoms with Gasteiger partial charge in [0, 0.05) is 19.1 Å². The highest BCUT2D eigenvalue weighted by molar-refractivity contribution is 7.88. The lowest BCUT2D eigenvalue weighted by Crippen LogP contribution is -2.38. The van der Waals surface area contributed by atoms with Crippen molar-refractivity contribution in [2.75, 3.05) is 19.3 Å². The molecule has 0 fully saturated rings. The molecule has 0 aliphatic carbocycles. The van der Waals surface area contributed by atoms with E-state index in [1.807, 2.05) is 6.07 Å². The van der Waals surface area contributed by atoms with Gasteiger partial charge in [0.15, 0.2) is 0 Å². The van der Waals surface area contributed by atoms with Crippen LogP contribution < -0.4 is 10.0 Å². The molecule has 0 saturated carbocycles. The minimum absolute atomic E-state index is 0.0952.